The van der Waals surface area contributed by atoms with E-state index in [1.807, 2.05) is 37.3 Å². The summed E-state index contributed by atoms with van der Waals surface area (Å²) < 4.78 is 10.7. The number of anilines is 1. The van der Waals surface area contributed by atoms with Crippen molar-refractivity contribution in [3.63, 3.8) is 0 Å². The molecule has 2 aromatic rings. The highest BCUT2D eigenvalue weighted by Gasteiger charge is 2.24. The van der Waals surface area contributed by atoms with E-state index in [2.05, 4.69) is 10.6 Å². The molecule has 2 amide bonds. The Bertz CT molecular complexity index is 767. The van der Waals surface area contributed by atoms with Gasteiger partial charge in [-0.25, -0.2) is 4.79 Å². The number of ether oxygens (including phenoxy) is 2. The number of rotatable bonds is 7. The van der Waals surface area contributed by atoms with Crippen molar-refractivity contribution in [3.05, 3.63) is 60.2 Å². The number of nitrogens with one attached hydrogen (secondary N) is 2. The van der Waals surface area contributed by atoms with Crippen LogP contribution in [0.1, 0.15) is 33.3 Å². The minimum absolute atomic E-state index is 0.320. The summed E-state index contributed by atoms with van der Waals surface area (Å²) in [6.45, 7) is 7.81. The first kappa shape index (κ1) is 21.3. The predicted molar refractivity (Wildman–Crippen MR) is 110 cm³/mol. The third kappa shape index (κ3) is 7.31. The highest BCUT2D eigenvalue weighted by molar-refractivity contribution is 5.96. The summed E-state index contributed by atoms with van der Waals surface area (Å²) in [5, 5.41) is 5.51. The first-order valence-electron chi connectivity index (χ1n) is 9.34. The van der Waals surface area contributed by atoms with E-state index in [1.165, 1.54) is 0 Å². The van der Waals surface area contributed by atoms with Gasteiger partial charge in [0, 0.05) is 12.1 Å². The molecule has 0 unspecified atom stereocenters. The Balaban J connectivity index is 2.09. The van der Waals surface area contributed by atoms with Crippen LogP contribution in [0.5, 0.6) is 5.75 Å². The van der Waals surface area contributed by atoms with E-state index >= 15 is 0 Å². The molecule has 0 aromatic heterocycles. The van der Waals surface area contributed by atoms with Crippen molar-refractivity contribution in [1.82, 2.24) is 5.32 Å². The Labute approximate surface area is 166 Å². The fraction of sp³-hybridized carbons (Fsp3) is 0.364. The molecular weight excluding hydrogens is 356 g/mol. The summed E-state index contributed by atoms with van der Waals surface area (Å²) in [7, 11) is 0. The molecule has 6 heteroatoms. The molecule has 0 spiro atoms. The number of hydrogen-bond acceptors (Lipinski definition) is 4. The largest absolute Gasteiger partial charge is 0.494 e. The van der Waals surface area contributed by atoms with Gasteiger partial charge in [-0.05, 0) is 57.5 Å². The Kier molecular flexibility index (Phi) is 7.44. The van der Waals surface area contributed by atoms with E-state index in [0.717, 1.165) is 11.3 Å². The second-order valence-corrected chi connectivity index (χ2v) is 7.34. The number of amides is 2. The fourth-order valence-corrected chi connectivity index (χ4v) is 2.54. The highest BCUT2D eigenvalue weighted by atomic mass is 16.6. The van der Waals surface area contributed by atoms with Gasteiger partial charge in [0.1, 0.15) is 17.4 Å². The maximum Gasteiger partial charge on any atom is 0.408 e. The molecule has 0 aliphatic carbocycles. The van der Waals surface area contributed by atoms with Crippen LogP contribution >= 0.6 is 0 Å². The lowest BCUT2D eigenvalue weighted by atomic mass is 10.1. The van der Waals surface area contributed by atoms with Crippen molar-refractivity contribution in [3.8, 4) is 5.75 Å². The third-order valence-electron chi connectivity index (χ3n) is 3.72. The molecule has 0 heterocycles. The minimum atomic E-state index is -0.774. The number of benzene rings is 2. The van der Waals surface area contributed by atoms with E-state index in [4.69, 9.17) is 9.47 Å². The Hall–Kier alpha value is -3.02. The summed E-state index contributed by atoms with van der Waals surface area (Å²) in [5.41, 5.74) is 0.912. The van der Waals surface area contributed by atoms with Crippen LogP contribution in [0, 0.1) is 0 Å². The minimum Gasteiger partial charge on any atom is -0.494 e. The first-order chi connectivity index (χ1) is 13.3. The quantitative estimate of drug-likeness (QED) is 0.751. The average Bonchev–Trinajstić information content (AvgIpc) is 2.62. The lowest BCUT2D eigenvalue weighted by Crippen LogP contribution is -2.47. The van der Waals surface area contributed by atoms with Crippen LogP contribution in [0.15, 0.2) is 54.6 Å². The predicted octanol–water partition coefficient (Wildman–Crippen LogP) is 4.16. The van der Waals surface area contributed by atoms with E-state index in [9.17, 15) is 9.59 Å². The van der Waals surface area contributed by atoms with Crippen molar-refractivity contribution in [1.29, 1.82) is 0 Å². The smallest absolute Gasteiger partial charge is 0.408 e. The maximum absolute atomic E-state index is 12.8. The summed E-state index contributed by atoms with van der Waals surface area (Å²) in [5.74, 6) is 0.409. The van der Waals surface area contributed by atoms with Crippen LogP contribution in [0.25, 0.3) is 0 Å². The molecule has 2 rings (SSSR count). The van der Waals surface area contributed by atoms with Gasteiger partial charge >= 0.3 is 6.09 Å². The van der Waals surface area contributed by atoms with Crippen LogP contribution in [0.4, 0.5) is 10.5 Å². The Morgan fingerprint density at radius 3 is 2.21 bits per heavy atom. The summed E-state index contributed by atoms with van der Waals surface area (Å²) in [4.78, 5) is 25.0. The van der Waals surface area contributed by atoms with Gasteiger partial charge in [-0.3, -0.25) is 4.79 Å². The molecule has 0 aliphatic rings. The maximum atomic E-state index is 12.8. The van der Waals surface area contributed by atoms with E-state index in [0.29, 0.717) is 18.7 Å². The number of alkyl carbamates (subject to hydrolysis) is 1. The lowest BCUT2D eigenvalue weighted by Gasteiger charge is -2.23. The van der Waals surface area contributed by atoms with E-state index in [1.54, 1.807) is 45.0 Å². The molecule has 0 aliphatic heterocycles. The number of carbonyl (C=O) groups excluding carboxylic acids is 2. The molecule has 1 atom stereocenters. The van der Waals surface area contributed by atoms with Gasteiger partial charge in [0.25, 0.3) is 0 Å². The molecule has 2 aromatic carbocycles. The van der Waals surface area contributed by atoms with Gasteiger partial charge < -0.3 is 20.1 Å². The zero-order chi connectivity index (χ0) is 20.6. The van der Waals surface area contributed by atoms with Crippen LogP contribution in [-0.4, -0.2) is 30.3 Å². The van der Waals surface area contributed by atoms with Crippen molar-refractivity contribution >= 4 is 17.7 Å². The number of carbonyl (C=O) groups is 2. The lowest BCUT2D eigenvalue weighted by molar-refractivity contribution is -0.118. The highest BCUT2D eigenvalue weighted by Crippen LogP contribution is 2.16. The van der Waals surface area contributed by atoms with E-state index < -0.39 is 17.7 Å². The van der Waals surface area contributed by atoms with Crippen LogP contribution in [0.2, 0.25) is 0 Å². The zero-order valence-electron chi connectivity index (χ0n) is 16.8. The van der Waals surface area contributed by atoms with Crippen molar-refractivity contribution < 1.29 is 19.1 Å². The SMILES string of the molecule is CCOc1ccc(NC(=O)[C@@H](Cc2ccccc2)NC(=O)OC(C)(C)C)cc1. The van der Waals surface area contributed by atoms with Gasteiger partial charge in [0.05, 0.1) is 6.61 Å². The second-order valence-electron chi connectivity index (χ2n) is 7.34. The first-order valence-corrected chi connectivity index (χ1v) is 9.34. The Morgan fingerprint density at radius 1 is 1.00 bits per heavy atom. The molecule has 0 radical (unpaired) electrons. The molecule has 0 bridgehead atoms. The molecule has 0 fully saturated rings. The molecule has 2 N–H and O–H groups in total. The average molecular weight is 384 g/mol. The normalized spacial score (nSPS) is 12.0. The van der Waals surface area contributed by atoms with Crippen LogP contribution in [-0.2, 0) is 16.0 Å². The van der Waals surface area contributed by atoms with Gasteiger partial charge in [-0.1, -0.05) is 30.3 Å². The van der Waals surface area contributed by atoms with Gasteiger partial charge in [-0.2, -0.15) is 0 Å². The summed E-state index contributed by atoms with van der Waals surface area (Å²) in [6.07, 6.45) is -0.279. The monoisotopic (exact) mass is 384 g/mol. The zero-order valence-corrected chi connectivity index (χ0v) is 16.8. The standard InChI is InChI=1S/C22H28N2O4/c1-5-27-18-13-11-17(12-14-18)23-20(25)19(15-16-9-7-6-8-10-16)24-21(26)28-22(2,3)4/h6-14,19H,5,15H2,1-4H3,(H,23,25)(H,24,26)/t19-/m1/s1. The fourth-order valence-electron chi connectivity index (χ4n) is 2.54. The topological polar surface area (TPSA) is 76.7 Å². The Morgan fingerprint density at radius 2 is 1.64 bits per heavy atom. The molecule has 6 nitrogen and oxygen atoms in total. The summed E-state index contributed by atoms with van der Waals surface area (Å²) >= 11 is 0. The van der Waals surface area contributed by atoms with Crippen molar-refractivity contribution in [2.45, 2.75) is 45.8 Å². The third-order valence-corrected chi connectivity index (χ3v) is 3.72. The molecule has 150 valence electrons. The molecular formula is C22H28N2O4. The van der Waals surface area contributed by atoms with Crippen molar-refractivity contribution in [2.24, 2.45) is 0 Å². The van der Waals surface area contributed by atoms with Gasteiger partial charge in [0.2, 0.25) is 5.91 Å². The molecule has 28 heavy (non-hydrogen) atoms. The van der Waals surface area contributed by atoms with Gasteiger partial charge in [-0.15, -0.1) is 0 Å². The molecule has 0 saturated heterocycles. The van der Waals surface area contributed by atoms with Crippen LogP contribution in [0.3, 0.4) is 0 Å². The molecule has 0 saturated carbocycles. The van der Waals surface area contributed by atoms with E-state index in [-0.39, 0.29) is 5.91 Å². The van der Waals surface area contributed by atoms with Crippen LogP contribution < -0.4 is 15.4 Å². The second kappa shape index (κ2) is 9.78. The van der Waals surface area contributed by atoms with Gasteiger partial charge in [0.15, 0.2) is 0 Å². The summed E-state index contributed by atoms with van der Waals surface area (Å²) in [6, 6.07) is 15.8. The number of hydrogen-bond donors (Lipinski definition) is 2. The van der Waals surface area contributed by atoms with Crippen molar-refractivity contribution in [2.75, 3.05) is 11.9 Å².